The Kier molecular flexibility index (Phi) is 9.30. The Balaban J connectivity index is 0. The Morgan fingerprint density at radius 2 is 2.00 bits per heavy atom. The van der Waals surface area contributed by atoms with Gasteiger partial charge in [0.05, 0.1) is 0 Å². The zero-order valence-corrected chi connectivity index (χ0v) is 6.09. The molecule has 0 amide bonds. The maximum atomic E-state index is 9.96. The minimum atomic E-state index is -0.824. The molecule has 0 saturated carbocycles. The summed E-state index contributed by atoms with van der Waals surface area (Å²) < 4.78 is 3.73. The maximum Gasteiger partial charge on any atom is 0.320 e. The van der Waals surface area contributed by atoms with Crippen LogP contribution in [-0.2, 0) is 38.6 Å². The molecular weight excluding hydrogens is 213 g/mol. The summed E-state index contributed by atoms with van der Waals surface area (Å²) >= 11 is 0. The number of hydrogen-bond acceptors (Lipinski definition) is 4. The van der Waals surface area contributed by atoms with Crippen molar-refractivity contribution in [1.29, 1.82) is 0 Å². The van der Waals surface area contributed by atoms with E-state index in [9.17, 15) is 14.4 Å². The molecule has 0 aromatic carbocycles. The topological polar surface area (TPSA) is 60.4 Å². The van der Waals surface area contributed by atoms with Crippen LogP contribution in [0.1, 0.15) is 6.42 Å². The Morgan fingerprint density at radius 3 is 2.33 bits per heavy atom. The van der Waals surface area contributed by atoms with E-state index < -0.39 is 5.97 Å². The van der Waals surface area contributed by atoms with Crippen LogP contribution in [0.2, 0.25) is 0 Å². The van der Waals surface area contributed by atoms with Crippen LogP contribution in [-0.4, -0.2) is 18.7 Å². The van der Waals surface area contributed by atoms with Crippen molar-refractivity contribution in [2.75, 3.05) is 0 Å². The van der Waals surface area contributed by atoms with E-state index in [2.05, 4.69) is 4.74 Å². The summed E-state index contributed by atoms with van der Waals surface area (Å²) in [4.78, 5) is 28.8. The minimum absolute atomic E-state index is 0. The molecule has 0 aliphatic carbocycles. The summed E-state index contributed by atoms with van der Waals surface area (Å²) in [6, 6.07) is 0. The van der Waals surface area contributed by atoms with Crippen LogP contribution < -0.4 is 0 Å². The van der Waals surface area contributed by atoms with E-state index in [1.165, 1.54) is 0 Å². The molecule has 0 atom stereocenters. The molecule has 0 saturated heterocycles. The fourth-order valence-electron chi connectivity index (χ4n) is 0.170. The number of hydrogen-bond donors (Lipinski definition) is 0. The number of ether oxygens (including phenoxy) is 1. The van der Waals surface area contributed by atoms with Gasteiger partial charge in [-0.1, -0.05) is 0 Å². The monoisotopic (exact) mass is 218 g/mol. The molecule has 0 radical (unpaired) electrons. The molecule has 0 aliphatic rings. The van der Waals surface area contributed by atoms with E-state index >= 15 is 0 Å². The summed E-state index contributed by atoms with van der Waals surface area (Å²) in [7, 11) is 0. The standard InChI is InChI=1S/C4H4O4.Ru/c5-2-1-4(7)8-3-6;/h2-3H,1H2;. The number of esters is 1. The third kappa shape index (κ3) is 7.43. The fraction of sp³-hybridized carbons (Fsp3) is 0.250. The second kappa shape index (κ2) is 7.43. The average molecular weight is 217 g/mol. The van der Waals surface area contributed by atoms with Gasteiger partial charge in [-0.05, 0) is 0 Å². The van der Waals surface area contributed by atoms with Crippen LogP contribution in [0.15, 0.2) is 0 Å². The molecule has 0 heterocycles. The molecule has 0 aliphatic heterocycles. The first-order chi connectivity index (χ1) is 3.81. The molecule has 0 bridgehead atoms. The van der Waals surface area contributed by atoms with Gasteiger partial charge in [-0.2, -0.15) is 0 Å². The minimum Gasteiger partial charge on any atom is -0.395 e. The van der Waals surface area contributed by atoms with Crippen molar-refractivity contribution < 1.29 is 38.6 Å². The van der Waals surface area contributed by atoms with Crippen LogP contribution in [0.25, 0.3) is 0 Å². The van der Waals surface area contributed by atoms with E-state index in [1.807, 2.05) is 0 Å². The number of aldehydes is 1. The molecule has 0 fully saturated rings. The predicted octanol–water partition coefficient (Wildman–Crippen LogP) is -0.728. The zero-order valence-electron chi connectivity index (χ0n) is 4.35. The van der Waals surface area contributed by atoms with E-state index in [0.29, 0.717) is 6.29 Å². The Bertz CT molecular complexity index is 99.1. The fourth-order valence-corrected chi connectivity index (χ4v) is 0.170. The van der Waals surface area contributed by atoms with Crippen LogP contribution in [0.4, 0.5) is 0 Å². The van der Waals surface area contributed by atoms with Gasteiger partial charge in [0.1, 0.15) is 12.7 Å². The molecule has 4 nitrogen and oxygen atoms in total. The van der Waals surface area contributed by atoms with E-state index in [4.69, 9.17) is 0 Å². The van der Waals surface area contributed by atoms with Gasteiger partial charge in [0.25, 0.3) is 0 Å². The quantitative estimate of drug-likeness (QED) is 0.271. The molecule has 0 aromatic rings. The molecule has 0 spiro atoms. The van der Waals surface area contributed by atoms with Crippen molar-refractivity contribution in [3.8, 4) is 0 Å². The van der Waals surface area contributed by atoms with E-state index in [-0.39, 0.29) is 32.4 Å². The number of carbonyl (C=O) groups is 3. The van der Waals surface area contributed by atoms with E-state index in [1.54, 1.807) is 0 Å². The average Bonchev–Trinajstić information content (AvgIpc) is 1.68. The smallest absolute Gasteiger partial charge is 0.320 e. The van der Waals surface area contributed by atoms with Crippen molar-refractivity contribution in [2.24, 2.45) is 0 Å². The zero-order chi connectivity index (χ0) is 6.41. The van der Waals surface area contributed by atoms with Crippen molar-refractivity contribution in [3.05, 3.63) is 0 Å². The molecule has 0 aromatic heterocycles. The summed E-state index contributed by atoms with van der Waals surface area (Å²) in [5.74, 6) is -0.824. The maximum absolute atomic E-state index is 9.96. The normalized spacial score (nSPS) is 6.67. The van der Waals surface area contributed by atoms with Gasteiger partial charge in [-0.3, -0.25) is 9.59 Å². The van der Waals surface area contributed by atoms with Crippen molar-refractivity contribution in [3.63, 3.8) is 0 Å². The molecule has 9 heavy (non-hydrogen) atoms. The summed E-state index contributed by atoms with van der Waals surface area (Å²) in [6.07, 6.45) is 0.00454. The van der Waals surface area contributed by atoms with E-state index in [0.717, 1.165) is 0 Å². The third-order valence-electron chi connectivity index (χ3n) is 0.430. The largest absolute Gasteiger partial charge is 0.395 e. The van der Waals surface area contributed by atoms with Crippen molar-refractivity contribution >= 4 is 18.7 Å². The molecule has 0 N–H and O–H groups in total. The van der Waals surface area contributed by atoms with Gasteiger partial charge in [0.15, 0.2) is 0 Å². The first-order valence-electron chi connectivity index (χ1n) is 1.88. The van der Waals surface area contributed by atoms with Gasteiger partial charge in [0, 0.05) is 19.5 Å². The van der Waals surface area contributed by atoms with Crippen molar-refractivity contribution in [1.82, 2.24) is 0 Å². The molecule has 5 heteroatoms. The molecule has 52 valence electrons. The predicted molar refractivity (Wildman–Crippen MR) is 22.8 cm³/mol. The molecule has 0 rings (SSSR count). The van der Waals surface area contributed by atoms with Crippen LogP contribution >= 0.6 is 0 Å². The van der Waals surface area contributed by atoms with Gasteiger partial charge in [0.2, 0.25) is 0 Å². The van der Waals surface area contributed by atoms with Crippen LogP contribution in [0.3, 0.4) is 0 Å². The van der Waals surface area contributed by atoms with Crippen LogP contribution in [0.5, 0.6) is 0 Å². The van der Waals surface area contributed by atoms with Gasteiger partial charge in [-0.25, -0.2) is 0 Å². The second-order valence-corrected chi connectivity index (χ2v) is 0.957. The Hall–Kier alpha value is -0.567. The van der Waals surface area contributed by atoms with Crippen LogP contribution in [0, 0.1) is 0 Å². The summed E-state index contributed by atoms with van der Waals surface area (Å²) in [5.41, 5.74) is 0. The Morgan fingerprint density at radius 1 is 1.44 bits per heavy atom. The Labute approximate surface area is 64.3 Å². The third-order valence-corrected chi connectivity index (χ3v) is 0.430. The first kappa shape index (κ1) is 11.3. The van der Waals surface area contributed by atoms with Gasteiger partial charge >= 0.3 is 12.4 Å². The SMILES string of the molecule is O=CCC(=O)OC=O.[Ru]. The molecular formula is C4H4O4Ru. The van der Waals surface area contributed by atoms with Gasteiger partial charge in [-0.15, -0.1) is 0 Å². The van der Waals surface area contributed by atoms with Crippen molar-refractivity contribution in [2.45, 2.75) is 6.42 Å². The molecule has 0 unspecified atom stereocenters. The van der Waals surface area contributed by atoms with Gasteiger partial charge < -0.3 is 9.53 Å². The summed E-state index contributed by atoms with van der Waals surface area (Å²) in [6.45, 7) is -0.00810. The second-order valence-electron chi connectivity index (χ2n) is 0.957. The number of rotatable bonds is 3. The first-order valence-corrected chi connectivity index (χ1v) is 1.88. The summed E-state index contributed by atoms with van der Waals surface area (Å²) in [5, 5.41) is 0. The number of carbonyl (C=O) groups excluding carboxylic acids is 3.